The monoisotopic (exact) mass is 273 g/mol. The maximum atomic E-state index is 11.5. The van der Waals surface area contributed by atoms with Crippen molar-refractivity contribution in [2.45, 2.75) is 13.5 Å². The van der Waals surface area contributed by atoms with Gasteiger partial charge in [-0.05, 0) is 12.5 Å². The highest BCUT2D eigenvalue weighted by atomic mass is 32.1. The van der Waals surface area contributed by atoms with Crippen LogP contribution in [0.15, 0.2) is 30.3 Å². The molecule has 0 saturated carbocycles. The molecule has 2 aromatic rings. The molecule has 1 N–H and O–H groups in total. The van der Waals surface area contributed by atoms with Crippen molar-refractivity contribution in [2.24, 2.45) is 0 Å². The van der Waals surface area contributed by atoms with Crippen LogP contribution in [0.25, 0.3) is 0 Å². The van der Waals surface area contributed by atoms with E-state index in [1.165, 1.54) is 0 Å². The normalized spacial score (nSPS) is 9.68. The summed E-state index contributed by atoms with van der Waals surface area (Å²) in [5, 5.41) is 11.7. The molecule has 0 aliphatic rings. The fraction of sp³-hybridized carbons (Fsp3) is 0.154. The lowest BCUT2D eigenvalue weighted by Gasteiger charge is -2.04. The van der Waals surface area contributed by atoms with E-state index in [1.807, 2.05) is 36.4 Å². The minimum Gasteiger partial charge on any atom is -0.444 e. The van der Waals surface area contributed by atoms with Gasteiger partial charge in [0.05, 0.1) is 5.69 Å². The molecular weight excluding hydrogens is 262 g/mol. The number of anilines is 1. The fourth-order valence-corrected chi connectivity index (χ4v) is 2.15. The maximum absolute atomic E-state index is 11.5. The van der Waals surface area contributed by atoms with Gasteiger partial charge in [-0.2, -0.15) is 5.26 Å². The molecule has 0 unspecified atom stereocenters. The summed E-state index contributed by atoms with van der Waals surface area (Å²) >= 11 is 1.13. The van der Waals surface area contributed by atoms with Gasteiger partial charge in [0, 0.05) is 0 Å². The van der Waals surface area contributed by atoms with Crippen LogP contribution in [0.3, 0.4) is 0 Å². The van der Waals surface area contributed by atoms with E-state index in [9.17, 15) is 4.79 Å². The zero-order valence-corrected chi connectivity index (χ0v) is 11.0. The SMILES string of the molecule is Cc1nc(NC(=O)OCc2ccccc2)sc1C#N. The van der Waals surface area contributed by atoms with Gasteiger partial charge in [0.1, 0.15) is 17.6 Å². The highest BCUT2D eigenvalue weighted by molar-refractivity contribution is 7.16. The summed E-state index contributed by atoms with van der Waals surface area (Å²) in [6, 6.07) is 11.4. The van der Waals surface area contributed by atoms with E-state index in [2.05, 4.69) is 10.3 Å². The Morgan fingerprint density at radius 3 is 2.84 bits per heavy atom. The molecule has 19 heavy (non-hydrogen) atoms. The number of hydrogen-bond donors (Lipinski definition) is 1. The first kappa shape index (κ1) is 13.1. The second-order valence-corrected chi connectivity index (χ2v) is 4.73. The number of benzene rings is 1. The van der Waals surface area contributed by atoms with E-state index in [0.29, 0.717) is 15.7 Å². The molecule has 0 spiro atoms. The van der Waals surface area contributed by atoms with Crippen molar-refractivity contribution in [3.05, 3.63) is 46.5 Å². The van der Waals surface area contributed by atoms with Crippen molar-refractivity contribution in [3.63, 3.8) is 0 Å². The highest BCUT2D eigenvalue weighted by Crippen LogP contribution is 2.21. The lowest BCUT2D eigenvalue weighted by Crippen LogP contribution is -2.13. The zero-order valence-electron chi connectivity index (χ0n) is 10.2. The zero-order chi connectivity index (χ0) is 13.7. The maximum Gasteiger partial charge on any atom is 0.413 e. The minimum atomic E-state index is -0.581. The van der Waals surface area contributed by atoms with Gasteiger partial charge in [-0.15, -0.1) is 0 Å². The summed E-state index contributed by atoms with van der Waals surface area (Å²) in [5.41, 5.74) is 1.51. The molecule has 0 bridgehead atoms. The minimum absolute atomic E-state index is 0.197. The highest BCUT2D eigenvalue weighted by Gasteiger charge is 2.10. The first-order valence-electron chi connectivity index (χ1n) is 5.54. The van der Waals surface area contributed by atoms with E-state index < -0.39 is 6.09 Å². The van der Waals surface area contributed by atoms with Crippen LogP contribution >= 0.6 is 11.3 Å². The molecule has 0 aliphatic carbocycles. The molecule has 6 heteroatoms. The number of carbonyl (C=O) groups excluding carboxylic acids is 1. The van der Waals surface area contributed by atoms with Gasteiger partial charge in [0.2, 0.25) is 0 Å². The molecule has 0 fully saturated rings. The van der Waals surface area contributed by atoms with Crippen molar-refractivity contribution in [2.75, 3.05) is 5.32 Å². The Bertz CT molecular complexity index is 617. The van der Waals surface area contributed by atoms with Gasteiger partial charge in [-0.3, -0.25) is 5.32 Å². The average molecular weight is 273 g/mol. The van der Waals surface area contributed by atoms with Crippen molar-refractivity contribution in [3.8, 4) is 6.07 Å². The molecule has 1 heterocycles. The summed E-state index contributed by atoms with van der Waals surface area (Å²) in [5.74, 6) is 0. The molecule has 0 radical (unpaired) electrons. The number of carbonyl (C=O) groups is 1. The molecule has 5 nitrogen and oxygen atoms in total. The van der Waals surface area contributed by atoms with Crippen LogP contribution in [0.1, 0.15) is 16.1 Å². The Labute approximate surface area is 114 Å². The van der Waals surface area contributed by atoms with Crippen LogP contribution in [-0.2, 0) is 11.3 Å². The van der Waals surface area contributed by atoms with Crippen LogP contribution in [-0.4, -0.2) is 11.1 Å². The molecule has 2 rings (SSSR count). The third-order valence-electron chi connectivity index (χ3n) is 2.32. The predicted octanol–water partition coefficient (Wildman–Crippen LogP) is 3.07. The van der Waals surface area contributed by atoms with E-state index in [-0.39, 0.29) is 6.61 Å². The fourth-order valence-electron chi connectivity index (χ4n) is 1.40. The lowest BCUT2D eigenvalue weighted by atomic mass is 10.2. The molecule has 0 aliphatic heterocycles. The molecule has 0 atom stereocenters. The number of rotatable bonds is 3. The number of nitriles is 1. The number of aryl methyl sites for hydroxylation is 1. The first-order chi connectivity index (χ1) is 9.19. The predicted molar refractivity (Wildman–Crippen MR) is 71.8 cm³/mol. The van der Waals surface area contributed by atoms with Gasteiger partial charge >= 0.3 is 6.09 Å². The van der Waals surface area contributed by atoms with Gasteiger partial charge < -0.3 is 4.74 Å². The number of thiazole rings is 1. The average Bonchev–Trinajstić information content (AvgIpc) is 2.77. The van der Waals surface area contributed by atoms with Crippen LogP contribution in [0.5, 0.6) is 0 Å². The van der Waals surface area contributed by atoms with E-state index in [4.69, 9.17) is 10.00 Å². The molecule has 1 aromatic carbocycles. The molecule has 96 valence electrons. The second kappa shape index (κ2) is 5.98. The van der Waals surface area contributed by atoms with Crippen LogP contribution in [0.2, 0.25) is 0 Å². The lowest BCUT2D eigenvalue weighted by molar-refractivity contribution is 0.155. The number of nitrogens with zero attached hydrogens (tertiary/aromatic N) is 2. The number of hydrogen-bond acceptors (Lipinski definition) is 5. The summed E-state index contributed by atoms with van der Waals surface area (Å²) in [6.07, 6.45) is -0.581. The van der Waals surface area contributed by atoms with Crippen molar-refractivity contribution in [1.82, 2.24) is 4.98 Å². The Balaban J connectivity index is 1.89. The number of nitrogens with one attached hydrogen (secondary N) is 1. The quantitative estimate of drug-likeness (QED) is 0.932. The topological polar surface area (TPSA) is 75.0 Å². The largest absolute Gasteiger partial charge is 0.444 e. The summed E-state index contributed by atoms with van der Waals surface area (Å²) < 4.78 is 5.05. The number of aromatic nitrogens is 1. The number of amides is 1. The van der Waals surface area contributed by atoms with Crippen molar-refractivity contribution in [1.29, 1.82) is 5.26 Å². The van der Waals surface area contributed by atoms with Crippen molar-refractivity contribution >= 4 is 22.6 Å². The number of ether oxygens (including phenoxy) is 1. The van der Waals surface area contributed by atoms with Gasteiger partial charge in [-0.1, -0.05) is 41.7 Å². The Morgan fingerprint density at radius 2 is 2.21 bits per heavy atom. The Morgan fingerprint density at radius 1 is 1.47 bits per heavy atom. The van der Waals surface area contributed by atoms with Gasteiger partial charge in [0.25, 0.3) is 0 Å². The molecule has 0 saturated heterocycles. The van der Waals surface area contributed by atoms with E-state index in [1.54, 1.807) is 6.92 Å². The third-order valence-corrected chi connectivity index (χ3v) is 3.30. The van der Waals surface area contributed by atoms with Crippen LogP contribution in [0, 0.1) is 18.3 Å². The van der Waals surface area contributed by atoms with E-state index in [0.717, 1.165) is 16.9 Å². The summed E-state index contributed by atoms with van der Waals surface area (Å²) in [7, 11) is 0. The van der Waals surface area contributed by atoms with Gasteiger partial charge in [-0.25, -0.2) is 9.78 Å². The third kappa shape index (κ3) is 3.53. The smallest absolute Gasteiger partial charge is 0.413 e. The molecule has 1 aromatic heterocycles. The van der Waals surface area contributed by atoms with Gasteiger partial charge in [0.15, 0.2) is 5.13 Å². The standard InChI is InChI=1S/C13H11N3O2S/c1-9-11(7-14)19-12(15-9)16-13(17)18-8-10-5-3-2-4-6-10/h2-6H,8H2,1H3,(H,15,16,17). The summed E-state index contributed by atoms with van der Waals surface area (Å²) in [6.45, 7) is 1.91. The Kier molecular flexibility index (Phi) is 4.11. The van der Waals surface area contributed by atoms with E-state index >= 15 is 0 Å². The van der Waals surface area contributed by atoms with Crippen LogP contribution < -0.4 is 5.32 Å². The first-order valence-corrected chi connectivity index (χ1v) is 6.36. The molecule has 1 amide bonds. The van der Waals surface area contributed by atoms with Crippen LogP contribution in [0.4, 0.5) is 9.93 Å². The Hall–Kier alpha value is -2.39. The summed E-state index contributed by atoms with van der Waals surface area (Å²) in [4.78, 5) is 16.1. The second-order valence-electron chi connectivity index (χ2n) is 3.73. The molecular formula is C13H11N3O2S. The van der Waals surface area contributed by atoms with Crippen molar-refractivity contribution < 1.29 is 9.53 Å².